The van der Waals surface area contributed by atoms with Crippen LogP contribution in [0.2, 0.25) is 0 Å². The van der Waals surface area contributed by atoms with Crippen LogP contribution in [0.3, 0.4) is 0 Å². The second-order valence-corrected chi connectivity index (χ2v) is 8.11. The van der Waals surface area contributed by atoms with Gasteiger partial charge in [0.1, 0.15) is 17.6 Å². The zero-order valence-corrected chi connectivity index (χ0v) is 20.0. The van der Waals surface area contributed by atoms with Crippen LogP contribution in [0.4, 0.5) is 0 Å². The van der Waals surface area contributed by atoms with E-state index in [1.165, 1.54) is 32.1 Å². The van der Waals surface area contributed by atoms with Gasteiger partial charge in [0.25, 0.3) is 0 Å². The molecular formula is C26H44N2O2. The molecule has 170 valence electrons. The lowest BCUT2D eigenvalue weighted by molar-refractivity contribution is 0.00109. The number of nitrogens with two attached hydrogens (primary N) is 1. The van der Waals surface area contributed by atoms with Gasteiger partial charge in [-0.05, 0) is 44.9 Å². The van der Waals surface area contributed by atoms with Crippen molar-refractivity contribution in [2.45, 2.75) is 85.7 Å². The summed E-state index contributed by atoms with van der Waals surface area (Å²) in [5.41, 5.74) is 7.88. The zero-order valence-electron chi connectivity index (χ0n) is 20.0. The van der Waals surface area contributed by atoms with Crippen molar-refractivity contribution < 1.29 is 9.47 Å². The van der Waals surface area contributed by atoms with Crippen molar-refractivity contribution in [2.75, 3.05) is 19.8 Å². The van der Waals surface area contributed by atoms with Crippen LogP contribution in [-0.4, -0.2) is 31.6 Å². The predicted octanol–water partition coefficient (Wildman–Crippen LogP) is 6.50. The quantitative estimate of drug-likeness (QED) is 0.571. The van der Waals surface area contributed by atoms with Crippen molar-refractivity contribution in [1.29, 1.82) is 0 Å². The highest BCUT2D eigenvalue weighted by molar-refractivity contribution is 6.14. The van der Waals surface area contributed by atoms with Crippen molar-refractivity contribution in [3.05, 3.63) is 47.4 Å². The number of hydrogen-bond acceptors (Lipinski definition) is 4. The average Bonchev–Trinajstić information content (AvgIpc) is 2.77. The van der Waals surface area contributed by atoms with Gasteiger partial charge < -0.3 is 15.2 Å². The molecule has 3 aliphatic rings. The van der Waals surface area contributed by atoms with Crippen LogP contribution < -0.4 is 5.73 Å². The standard InChI is InChI=1S/C17H23NO2.C7H14.C2H7N/c1-4-13(3)18-17-14(5-2)7-6-8-16(17)20-15-9-11-19-12-10-15;1-7-5-3-2-4-6-7;1-2-3/h4-8,15H,9-12H2,1-3H3;7H,2-6H2,1H3;2-3H2,1H3/b13-4-,14-5-,18-17+;;. The molecule has 4 heteroatoms. The number of allylic oxidation sites excluding steroid dienone is 7. The molecule has 1 heterocycles. The molecule has 0 aromatic carbocycles. The predicted molar refractivity (Wildman–Crippen MR) is 130 cm³/mol. The van der Waals surface area contributed by atoms with Gasteiger partial charge in [0.15, 0.2) is 0 Å². The molecule has 4 nitrogen and oxygen atoms in total. The highest BCUT2D eigenvalue weighted by Gasteiger charge is 2.21. The fourth-order valence-electron chi connectivity index (χ4n) is 3.51. The lowest BCUT2D eigenvalue weighted by Gasteiger charge is -2.26. The number of rotatable bonds is 3. The summed E-state index contributed by atoms with van der Waals surface area (Å²) in [6, 6.07) is 0. The SMILES string of the molecule is CC1CCCCC1.CCN.C\C=C(C)/N=C1/C(OC2CCOCC2)=CC=C/C1=C/C. The molecule has 0 atom stereocenters. The van der Waals surface area contributed by atoms with Gasteiger partial charge in [0.05, 0.1) is 13.2 Å². The van der Waals surface area contributed by atoms with Gasteiger partial charge in [0, 0.05) is 18.5 Å². The Labute approximate surface area is 185 Å². The van der Waals surface area contributed by atoms with Gasteiger partial charge in [0.2, 0.25) is 0 Å². The smallest absolute Gasteiger partial charge is 0.145 e. The number of aliphatic imine (C=N–C) groups is 1. The zero-order chi connectivity index (χ0) is 22.2. The Morgan fingerprint density at radius 2 is 1.80 bits per heavy atom. The van der Waals surface area contributed by atoms with Crippen molar-refractivity contribution in [3.63, 3.8) is 0 Å². The van der Waals surface area contributed by atoms with E-state index >= 15 is 0 Å². The molecule has 2 aliphatic carbocycles. The molecule has 0 aromatic heterocycles. The third-order valence-corrected chi connectivity index (χ3v) is 5.40. The summed E-state index contributed by atoms with van der Waals surface area (Å²) in [5, 5.41) is 0. The van der Waals surface area contributed by atoms with Gasteiger partial charge in [-0.1, -0.05) is 70.3 Å². The Morgan fingerprint density at radius 1 is 1.17 bits per heavy atom. The second-order valence-electron chi connectivity index (χ2n) is 8.11. The molecule has 3 rings (SSSR count). The summed E-state index contributed by atoms with van der Waals surface area (Å²) in [4.78, 5) is 4.69. The van der Waals surface area contributed by atoms with E-state index in [1.54, 1.807) is 0 Å². The third kappa shape index (κ3) is 10.4. The third-order valence-electron chi connectivity index (χ3n) is 5.40. The molecule has 2 fully saturated rings. The fraction of sp³-hybridized carbons (Fsp3) is 0.654. The Balaban J connectivity index is 0.000000372. The summed E-state index contributed by atoms with van der Waals surface area (Å²) in [5.74, 6) is 1.91. The van der Waals surface area contributed by atoms with Gasteiger partial charge in [-0.25, -0.2) is 4.99 Å². The Kier molecular flexibility index (Phi) is 14.2. The molecular weight excluding hydrogens is 372 g/mol. The molecule has 0 spiro atoms. The summed E-state index contributed by atoms with van der Waals surface area (Å²) >= 11 is 0. The molecule has 0 bridgehead atoms. The van der Waals surface area contributed by atoms with Crippen LogP contribution in [0, 0.1) is 5.92 Å². The van der Waals surface area contributed by atoms with Crippen molar-refractivity contribution in [1.82, 2.24) is 0 Å². The Morgan fingerprint density at radius 3 is 2.30 bits per heavy atom. The summed E-state index contributed by atoms with van der Waals surface area (Å²) in [6.45, 7) is 12.6. The maximum atomic E-state index is 6.15. The minimum Gasteiger partial charge on any atom is -0.488 e. The second kappa shape index (κ2) is 16.1. The minimum atomic E-state index is 0.232. The average molecular weight is 417 g/mol. The van der Waals surface area contributed by atoms with Gasteiger partial charge in [-0.3, -0.25) is 0 Å². The first-order chi connectivity index (χ1) is 14.5. The number of nitrogens with zero attached hydrogens (tertiary/aromatic N) is 1. The van der Waals surface area contributed by atoms with Crippen molar-refractivity contribution in [3.8, 4) is 0 Å². The van der Waals surface area contributed by atoms with Crippen LogP contribution in [0.25, 0.3) is 0 Å². The monoisotopic (exact) mass is 416 g/mol. The largest absolute Gasteiger partial charge is 0.488 e. The molecule has 0 aromatic rings. The van der Waals surface area contributed by atoms with Crippen LogP contribution in [-0.2, 0) is 9.47 Å². The van der Waals surface area contributed by atoms with Crippen molar-refractivity contribution >= 4 is 5.71 Å². The molecule has 1 saturated heterocycles. The van der Waals surface area contributed by atoms with Crippen LogP contribution in [0.5, 0.6) is 0 Å². The first-order valence-electron chi connectivity index (χ1n) is 11.8. The first-order valence-corrected chi connectivity index (χ1v) is 11.8. The highest BCUT2D eigenvalue weighted by Crippen LogP contribution is 2.23. The summed E-state index contributed by atoms with van der Waals surface area (Å²) in [6.07, 6.45) is 19.7. The van der Waals surface area contributed by atoms with E-state index in [2.05, 4.69) is 24.1 Å². The Bertz CT molecular complexity index is 617. The first kappa shape index (κ1) is 26.4. The molecule has 2 N–H and O–H groups in total. The van der Waals surface area contributed by atoms with Gasteiger partial charge >= 0.3 is 0 Å². The summed E-state index contributed by atoms with van der Waals surface area (Å²) < 4.78 is 11.5. The summed E-state index contributed by atoms with van der Waals surface area (Å²) in [7, 11) is 0. The number of hydrogen-bond donors (Lipinski definition) is 1. The van der Waals surface area contributed by atoms with E-state index in [0.717, 1.165) is 61.3 Å². The van der Waals surface area contributed by atoms with E-state index in [0.29, 0.717) is 0 Å². The van der Waals surface area contributed by atoms with Gasteiger partial charge in [-0.2, -0.15) is 0 Å². The van der Waals surface area contributed by atoms with E-state index < -0.39 is 0 Å². The van der Waals surface area contributed by atoms with E-state index in [4.69, 9.17) is 15.2 Å². The molecule has 30 heavy (non-hydrogen) atoms. The molecule has 1 aliphatic heterocycles. The maximum absolute atomic E-state index is 6.15. The van der Waals surface area contributed by atoms with E-state index in [9.17, 15) is 0 Å². The van der Waals surface area contributed by atoms with Crippen molar-refractivity contribution in [2.24, 2.45) is 16.6 Å². The Hall–Kier alpha value is -1.65. The normalized spacial score (nSPS) is 23.3. The molecule has 1 saturated carbocycles. The molecule has 0 unspecified atom stereocenters. The van der Waals surface area contributed by atoms with E-state index in [1.807, 2.05) is 45.9 Å². The minimum absolute atomic E-state index is 0.232. The topological polar surface area (TPSA) is 56.8 Å². The maximum Gasteiger partial charge on any atom is 0.145 e. The lowest BCUT2D eigenvalue weighted by Crippen LogP contribution is -2.25. The van der Waals surface area contributed by atoms with Crippen LogP contribution in [0.15, 0.2) is 52.4 Å². The molecule has 0 radical (unpaired) electrons. The highest BCUT2D eigenvalue weighted by atomic mass is 16.5. The lowest BCUT2D eigenvalue weighted by atomic mass is 9.91. The molecule has 0 amide bonds. The van der Waals surface area contributed by atoms with Crippen LogP contribution >= 0.6 is 0 Å². The van der Waals surface area contributed by atoms with Gasteiger partial charge in [-0.15, -0.1) is 0 Å². The fourth-order valence-corrected chi connectivity index (χ4v) is 3.51. The van der Waals surface area contributed by atoms with E-state index in [-0.39, 0.29) is 6.10 Å². The number of ether oxygens (including phenoxy) is 2. The van der Waals surface area contributed by atoms with Crippen LogP contribution in [0.1, 0.15) is 79.6 Å².